The SMILES string of the molecule is CCOC(=O)c1c(C)nc2c(c1-c1ccc(O)c(OC)c1)C(=O)c1ccccc1-2. The first kappa shape index (κ1) is 18.7. The molecule has 2 aromatic carbocycles. The number of phenolic OH excluding ortho intramolecular Hbond substituents is 1. The third-order valence-electron chi connectivity index (χ3n) is 4.98. The summed E-state index contributed by atoms with van der Waals surface area (Å²) < 4.78 is 10.5. The van der Waals surface area contributed by atoms with Crippen LogP contribution in [0.5, 0.6) is 11.5 Å². The lowest BCUT2D eigenvalue weighted by Gasteiger charge is -2.16. The van der Waals surface area contributed by atoms with E-state index in [9.17, 15) is 14.7 Å². The van der Waals surface area contributed by atoms with Crippen LogP contribution in [0.15, 0.2) is 42.5 Å². The third-order valence-corrected chi connectivity index (χ3v) is 4.98. The Labute approximate surface area is 167 Å². The van der Waals surface area contributed by atoms with Crippen molar-refractivity contribution in [2.24, 2.45) is 0 Å². The van der Waals surface area contributed by atoms with Crippen molar-refractivity contribution in [3.8, 4) is 33.9 Å². The second-order valence-electron chi connectivity index (χ2n) is 6.65. The number of benzene rings is 2. The summed E-state index contributed by atoms with van der Waals surface area (Å²) in [7, 11) is 1.44. The van der Waals surface area contributed by atoms with Gasteiger partial charge < -0.3 is 14.6 Å². The van der Waals surface area contributed by atoms with Crippen LogP contribution in [0.2, 0.25) is 0 Å². The molecule has 1 aliphatic carbocycles. The van der Waals surface area contributed by atoms with Crippen molar-refractivity contribution >= 4 is 11.8 Å². The molecule has 0 fully saturated rings. The summed E-state index contributed by atoms with van der Waals surface area (Å²) in [6.07, 6.45) is 0. The molecule has 4 rings (SSSR count). The normalized spacial score (nSPS) is 11.8. The van der Waals surface area contributed by atoms with Crippen molar-refractivity contribution in [2.75, 3.05) is 13.7 Å². The lowest BCUT2D eigenvalue weighted by atomic mass is 9.91. The second kappa shape index (κ2) is 7.05. The number of hydrogen-bond acceptors (Lipinski definition) is 6. The van der Waals surface area contributed by atoms with Crippen LogP contribution in [0.25, 0.3) is 22.4 Å². The minimum absolute atomic E-state index is 0.0361. The average Bonchev–Trinajstić information content (AvgIpc) is 3.00. The average molecular weight is 389 g/mol. The summed E-state index contributed by atoms with van der Waals surface area (Å²) in [5.74, 6) is -0.545. The van der Waals surface area contributed by atoms with Gasteiger partial charge in [-0.05, 0) is 31.5 Å². The largest absolute Gasteiger partial charge is 0.504 e. The molecule has 0 unspecified atom stereocenters. The number of fused-ring (bicyclic) bond motifs is 3. The zero-order valence-corrected chi connectivity index (χ0v) is 16.3. The second-order valence-corrected chi connectivity index (χ2v) is 6.65. The number of ketones is 1. The number of nitrogens with zero attached hydrogens (tertiary/aromatic N) is 1. The zero-order chi connectivity index (χ0) is 20.7. The Kier molecular flexibility index (Phi) is 4.54. The first-order chi connectivity index (χ1) is 14.0. The van der Waals surface area contributed by atoms with Crippen LogP contribution in [0.4, 0.5) is 0 Å². The Balaban J connectivity index is 2.09. The summed E-state index contributed by atoms with van der Waals surface area (Å²) in [6, 6.07) is 12.0. The smallest absolute Gasteiger partial charge is 0.340 e. The van der Waals surface area contributed by atoms with Gasteiger partial charge in [0.05, 0.1) is 36.2 Å². The van der Waals surface area contributed by atoms with Gasteiger partial charge >= 0.3 is 5.97 Å². The number of rotatable bonds is 4. The number of hydrogen-bond donors (Lipinski definition) is 1. The van der Waals surface area contributed by atoms with Crippen LogP contribution < -0.4 is 4.74 Å². The maximum atomic E-state index is 13.3. The van der Waals surface area contributed by atoms with Crippen LogP contribution in [0, 0.1) is 6.92 Å². The van der Waals surface area contributed by atoms with Gasteiger partial charge in [-0.3, -0.25) is 9.78 Å². The fraction of sp³-hybridized carbons (Fsp3) is 0.174. The van der Waals surface area contributed by atoms with E-state index in [2.05, 4.69) is 4.98 Å². The van der Waals surface area contributed by atoms with Crippen LogP contribution in [0.1, 0.15) is 38.9 Å². The fourth-order valence-corrected chi connectivity index (χ4v) is 3.72. The van der Waals surface area contributed by atoms with E-state index in [-0.39, 0.29) is 29.5 Å². The highest BCUT2D eigenvalue weighted by molar-refractivity contribution is 6.25. The van der Waals surface area contributed by atoms with Crippen molar-refractivity contribution in [2.45, 2.75) is 13.8 Å². The molecule has 6 nitrogen and oxygen atoms in total. The molecule has 0 spiro atoms. The molecule has 3 aromatic rings. The number of aromatic nitrogens is 1. The number of phenols is 1. The molecule has 29 heavy (non-hydrogen) atoms. The number of ether oxygens (including phenoxy) is 2. The topological polar surface area (TPSA) is 85.7 Å². The van der Waals surface area contributed by atoms with Gasteiger partial charge in [-0.15, -0.1) is 0 Å². The lowest BCUT2D eigenvalue weighted by Crippen LogP contribution is -2.13. The predicted octanol–water partition coefficient (Wildman–Crippen LogP) is 4.16. The monoisotopic (exact) mass is 389 g/mol. The Morgan fingerprint density at radius 1 is 1.10 bits per heavy atom. The number of aromatic hydroxyl groups is 1. The maximum absolute atomic E-state index is 13.3. The van der Waals surface area contributed by atoms with Crippen LogP contribution in [-0.4, -0.2) is 35.6 Å². The summed E-state index contributed by atoms with van der Waals surface area (Å²) in [6.45, 7) is 3.64. The fourth-order valence-electron chi connectivity index (χ4n) is 3.72. The van der Waals surface area contributed by atoms with E-state index in [1.165, 1.54) is 13.2 Å². The van der Waals surface area contributed by atoms with E-state index < -0.39 is 5.97 Å². The third kappa shape index (κ3) is 2.84. The molecule has 0 amide bonds. The standard InChI is InChI=1S/C23H19NO5/c1-4-29-23(27)18-12(2)24-21-14-7-5-6-8-15(14)22(26)20(21)19(18)13-9-10-16(25)17(11-13)28-3/h5-11,25H,4H2,1-3H3. The highest BCUT2D eigenvalue weighted by Crippen LogP contribution is 2.44. The first-order valence-electron chi connectivity index (χ1n) is 9.21. The molecule has 1 heterocycles. The van der Waals surface area contributed by atoms with E-state index in [0.717, 1.165) is 5.56 Å². The molecular weight excluding hydrogens is 370 g/mol. The summed E-state index contributed by atoms with van der Waals surface area (Å²) in [4.78, 5) is 30.7. The van der Waals surface area contributed by atoms with Crippen LogP contribution >= 0.6 is 0 Å². The van der Waals surface area contributed by atoms with Gasteiger partial charge in [0.1, 0.15) is 0 Å². The molecule has 0 aliphatic heterocycles. The molecule has 6 heteroatoms. The van der Waals surface area contributed by atoms with Gasteiger partial charge in [-0.1, -0.05) is 30.3 Å². The zero-order valence-electron chi connectivity index (χ0n) is 16.3. The number of carbonyl (C=O) groups excluding carboxylic acids is 2. The van der Waals surface area contributed by atoms with Gasteiger partial charge in [0.2, 0.25) is 0 Å². The highest BCUT2D eigenvalue weighted by Gasteiger charge is 2.35. The molecular formula is C23H19NO5. The van der Waals surface area contributed by atoms with Crippen molar-refractivity contribution in [3.63, 3.8) is 0 Å². The highest BCUT2D eigenvalue weighted by atomic mass is 16.5. The maximum Gasteiger partial charge on any atom is 0.340 e. The molecule has 1 aliphatic rings. The molecule has 1 N–H and O–H groups in total. The summed E-state index contributed by atoms with van der Waals surface area (Å²) >= 11 is 0. The van der Waals surface area contributed by atoms with E-state index in [1.807, 2.05) is 12.1 Å². The van der Waals surface area contributed by atoms with Crippen molar-refractivity contribution in [1.29, 1.82) is 0 Å². The predicted molar refractivity (Wildman–Crippen MR) is 107 cm³/mol. The van der Waals surface area contributed by atoms with Crippen LogP contribution in [0.3, 0.4) is 0 Å². The first-order valence-corrected chi connectivity index (χ1v) is 9.21. The minimum atomic E-state index is -0.550. The Morgan fingerprint density at radius 2 is 1.83 bits per heavy atom. The Hall–Kier alpha value is -3.67. The van der Waals surface area contributed by atoms with E-state index in [0.29, 0.717) is 33.6 Å². The number of pyridine rings is 1. The molecule has 0 atom stereocenters. The molecule has 0 bridgehead atoms. The molecule has 146 valence electrons. The van der Waals surface area contributed by atoms with Crippen molar-refractivity contribution in [1.82, 2.24) is 4.98 Å². The summed E-state index contributed by atoms with van der Waals surface area (Å²) in [5, 5.41) is 9.99. The Morgan fingerprint density at radius 3 is 2.52 bits per heavy atom. The van der Waals surface area contributed by atoms with Gasteiger partial charge in [-0.25, -0.2) is 4.79 Å². The lowest BCUT2D eigenvalue weighted by molar-refractivity contribution is 0.0526. The number of aryl methyl sites for hydroxylation is 1. The summed E-state index contributed by atoms with van der Waals surface area (Å²) in [5.41, 5.74) is 3.87. The van der Waals surface area contributed by atoms with Gasteiger partial charge in [0.25, 0.3) is 0 Å². The van der Waals surface area contributed by atoms with E-state index >= 15 is 0 Å². The van der Waals surface area contributed by atoms with Gasteiger partial charge in [0, 0.05) is 16.7 Å². The minimum Gasteiger partial charge on any atom is -0.504 e. The quantitative estimate of drug-likeness (QED) is 0.528. The van der Waals surface area contributed by atoms with E-state index in [1.54, 1.807) is 38.1 Å². The number of esters is 1. The number of methoxy groups -OCH3 is 1. The van der Waals surface area contributed by atoms with E-state index in [4.69, 9.17) is 9.47 Å². The number of carbonyl (C=O) groups is 2. The molecule has 0 saturated heterocycles. The van der Waals surface area contributed by atoms with Crippen LogP contribution in [-0.2, 0) is 4.74 Å². The molecule has 1 aromatic heterocycles. The van der Waals surface area contributed by atoms with Gasteiger partial charge in [0.15, 0.2) is 17.3 Å². The Bertz CT molecular complexity index is 1170. The van der Waals surface area contributed by atoms with Crippen molar-refractivity contribution in [3.05, 3.63) is 64.8 Å². The van der Waals surface area contributed by atoms with Gasteiger partial charge in [-0.2, -0.15) is 0 Å². The molecule has 0 saturated carbocycles. The molecule has 0 radical (unpaired) electrons. The van der Waals surface area contributed by atoms with Crippen molar-refractivity contribution < 1.29 is 24.2 Å².